The van der Waals surface area contributed by atoms with Crippen molar-refractivity contribution in [1.29, 1.82) is 0 Å². The Hall–Kier alpha value is -1.32. The third kappa shape index (κ3) is 5.34. The van der Waals surface area contributed by atoms with Crippen LogP contribution in [0.2, 0.25) is 0 Å². The second kappa shape index (κ2) is 7.90. The molecule has 1 amide bonds. The summed E-state index contributed by atoms with van der Waals surface area (Å²) in [5.41, 5.74) is 1.49. The van der Waals surface area contributed by atoms with Crippen molar-refractivity contribution in [3.63, 3.8) is 0 Å². The van der Waals surface area contributed by atoms with Gasteiger partial charge in [-0.2, -0.15) is 0 Å². The maximum Gasteiger partial charge on any atom is 0.328 e. The summed E-state index contributed by atoms with van der Waals surface area (Å²) in [6, 6.07) is -0.520. The van der Waals surface area contributed by atoms with Crippen molar-refractivity contribution < 1.29 is 14.3 Å². The molecule has 1 aliphatic rings. The van der Waals surface area contributed by atoms with Gasteiger partial charge in [0.05, 0.1) is 7.11 Å². The van der Waals surface area contributed by atoms with E-state index in [0.717, 1.165) is 6.42 Å². The molecule has 18 heavy (non-hydrogen) atoms. The summed E-state index contributed by atoms with van der Waals surface area (Å²) in [6.07, 6.45) is 9.89. The number of amides is 1. The minimum atomic E-state index is -0.520. The Morgan fingerprint density at radius 1 is 1.33 bits per heavy atom. The fourth-order valence-electron chi connectivity index (χ4n) is 2.30. The topological polar surface area (TPSA) is 55.4 Å². The Morgan fingerprint density at radius 3 is 2.56 bits per heavy atom. The van der Waals surface area contributed by atoms with E-state index in [1.165, 1.54) is 51.7 Å². The molecular formula is C14H23NO3. The minimum Gasteiger partial charge on any atom is -0.467 e. The van der Waals surface area contributed by atoms with Crippen LogP contribution in [0, 0.1) is 0 Å². The summed E-state index contributed by atoms with van der Waals surface area (Å²) in [5.74, 6) is -0.567. The Balaban J connectivity index is 2.40. The number of rotatable bonds is 5. The molecule has 4 nitrogen and oxygen atoms in total. The molecule has 0 aliphatic heterocycles. The molecule has 0 saturated heterocycles. The number of esters is 1. The lowest BCUT2D eigenvalue weighted by atomic mass is 9.93. The van der Waals surface area contributed by atoms with Crippen LogP contribution >= 0.6 is 0 Å². The van der Waals surface area contributed by atoms with E-state index in [-0.39, 0.29) is 11.9 Å². The second-order valence-electron chi connectivity index (χ2n) is 4.78. The van der Waals surface area contributed by atoms with Gasteiger partial charge in [0.15, 0.2) is 0 Å². The third-order valence-corrected chi connectivity index (χ3v) is 3.25. The van der Waals surface area contributed by atoms with Gasteiger partial charge in [-0.1, -0.05) is 18.1 Å². The molecule has 1 atom stereocenters. The number of methoxy groups -OCH3 is 1. The molecule has 1 N–H and O–H groups in total. The molecule has 0 bridgehead atoms. The van der Waals surface area contributed by atoms with Gasteiger partial charge in [0, 0.05) is 6.92 Å². The zero-order valence-electron chi connectivity index (χ0n) is 11.3. The number of carbonyl (C=O) groups excluding carboxylic acids is 2. The van der Waals surface area contributed by atoms with Crippen molar-refractivity contribution in [3.05, 3.63) is 11.6 Å². The van der Waals surface area contributed by atoms with Crippen LogP contribution in [0.1, 0.15) is 51.9 Å². The monoisotopic (exact) mass is 253 g/mol. The molecule has 102 valence electrons. The number of carbonyl (C=O) groups is 2. The molecule has 0 aromatic carbocycles. The fourth-order valence-corrected chi connectivity index (χ4v) is 2.30. The van der Waals surface area contributed by atoms with Crippen molar-refractivity contribution in [1.82, 2.24) is 5.32 Å². The second-order valence-corrected chi connectivity index (χ2v) is 4.78. The molecule has 0 aromatic heterocycles. The molecule has 4 heteroatoms. The van der Waals surface area contributed by atoms with Gasteiger partial charge < -0.3 is 10.1 Å². The van der Waals surface area contributed by atoms with Crippen LogP contribution in [0.3, 0.4) is 0 Å². The molecule has 1 saturated carbocycles. The molecule has 0 aromatic rings. The van der Waals surface area contributed by atoms with Crippen LogP contribution in [0.15, 0.2) is 11.6 Å². The number of hydrogen-bond acceptors (Lipinski definition) is 3. The summed E-state index contributed by atoms with van der Waals surface area (Å²) in [6.45, 7) is 1.41. The first-order valence-corrected chi connectivity index (χ1v) is 6.66. The summed E-state index contributed by atoms with van der Waals surface area (Å²) < 4.78 is 4.68. The van der Waals surface area contributed by atoms with E-state index < -0.39 is 6.04 Å². The van der Waals surface area contributed by atoms with E-state index in [1.54, 1.807) is 0 Å². The first-order valence-electron chi connectivity index (χ1n) is 6.66. The Labute approximate surface area is 109 Å². The predicted octanol–water partition coefficient (Wildman–Crippen LogP) is 2.33. The smallest absolute Gasteiger partial charge is 0.328 e. The lowest BCUT2D eigenvalue weighted by Crippen LogP contribution is -2.40. The maximum absolute atomic E-state index is 11.5. The average molecular weight is 253 g/mol. The average Bonchev–Trinajstić information content (AvgIpc) is 2.37. The van der Waals surface area contributed by atoms with E-state index in [1.807, 2.05) is 0 Å². The summed E-state index contributed by atoms with van der Waals surface area (Å²) in [4.78, 5) is 22.5. The van der Waals surface area contributed by atoms with Crippen LogP contribution in [0.5, 0.6) is 0 Å². The maximum atomic E-state index is 11.5. The third-order valence-electron chi connectivity index (χ3n) is 3.25. The molecular weight excluding hydrogens is 230 g/mol. The van der Waals surface area contributed by atoms with Crippen LogP contribution < -0.4 is 5.32 Å². The van der Waals surface area contributed by atoms with Crippen molar-refractivity contribution in [2.45, 2.75) is 57.9 Å². The molecule has 1 fully saturated rings. The first kappa shape index (κ1) is 14.7. The summed E-state index contributed by atoms with van der Waals surface area (Å²) >= 11 is 0. The number of nitrogens with one attached hydrogen (secondary N) is 1. The Kier molecular flexibility index (Phi) is 6.47. The van der Waals surface area contributed by atoms with Crippen molar-refractivity contribution in [3.8, 4) is 0 Å². The van der Waals surface area contributed by atoms with Gasteiger partial charge in [-0.05, 0) is 38.5 Å². The lowest BCUT2D eigenvalue weighted by Gasteiger charge is -2.16. The Bertz CT molecular complexity index is 315. The summed E-state index contributed by atoms with van der Waals surface area (Å²) in [5, 5.41) is 2.63. The standard InChI is InChI=1S/C14H23NO3/c1-11(16)15-13(14(17)18-2)10-6-9-12-7-4-3-5-8-12/h9,13H,3-8,10H2,1-2H3,(H,15,16). The van der Waals surface area contributed by atoms with E-state index >= 15 is 0 Å². The van der Waals surface area contributed by atoms with Gasteiger partial charge >= 0.3 is 5.97 Å². The highest BCUT2D eigenvalue weighted by Gasteiger charge is 2.19. The zero-order chi connectivity index (χ0) is 13.4. The van der Waals surface area contributed by atoms with E-state index in [0.29, 0.717) is 6.42 Å². The van der Waals surface area contributed by atoms with Crippen LogP contribution in [-0.4, -0.2) is 25.0 Å². The van der Waals surface area contributed by atoms with Crippen molar-refractivity contribution in [2.75, 3.05) is 7.11 Å². The van der Waals surface area contributed by atoms with E-state index in [2.05, 4.69) is 16.1 Å². The fraction of sp³-hybridized carbons (Fsp3) is 0.714. The number of ether oxygens (including phenoxy) is 1. The zero-order valence-corrected chi connectivity index (χ0v) is 11.3. The van der Waals surface area contributed by atoms with Gasteiger partial charge in [-0.25, -0.2) is 4.79 Å². The van der Waals surface area contributed by atoms with Crippen LogP contribution in [0.4, 0.5) is 0 Å². The van der Waals surface area contributed by atoms with Gasteiger partial charge in [0.2, 0.25) is 5.91 Å². The van der Waals surface area contributed by atoms with E-state index in [9.17, 15) is 9.59 Å². The largest absolute Gasteiger partial charge is 0.467 e. The number of hydrogen-bond donors (Lipinski definition) is 1. The molecule has 0 radical (unpaired) electrons. The SMILES string of the molecule is COC(=O)C(CCC=C1CCCCC1)NC(C)=O. The van der Waals surface area contributed by atoms with Gasteiger partial charge in [-0.3, -0.25) is 4.79 Å². The van der Waals surface area contributed by atoms with Crippen LogP contribution in [-0.2, 0) is 14.3 Å². The summed E-state index contributed by atoms with van der Waals surface area (Å²) in [7, 11) is 1.34. The van der Waals surface area contributed by atoms with Crippen molar-refractivity contribution >= 4 is 11.9 Å². The highest BCUT2D eigenvalue weighted by molar-refractivity contribution is 5.83. The van der Waals surface area contributed by atoms with Gasteiger partial charge in [0.1, 0.15) is 6.04 Å². The highest BCUT2D eigenvalue weighted by Crippen LogP contribution is 2.23. The van der Waals surface area contributed by atoms with Gasteiger partial charge in [0.25, 0.3) is 0 Å². The molecule has 0 heterocycles. The normalized spacial score (nSPS) is 16.9. The molecule has 1 rings (SSSR count). The molecule has 1 unspecified atom stereocenters. The van der Waals surface area contributed by atoms with Gasteiger partial charge in [-0.15, -0.1) is 0 Å². The quantitative estimate of drug-likeness (QED) is 0.604. The highest BCUT2D eigenvalue weighted by atomic mass is 16.5. The minimum absolute atomic E-state index is 0.198. The Morgan fingerprint density at radius 2 is 2.00 bits per heavy atom. The lowest BCUT2D eigenvalue weighted by molar-refractivity contribution is -0.145. The van der Waals surface area contributed by atoms with Crippen molar-refractivity contribution in [2.24, 2.45) is 0 Å². The number of allylic oxidation sites excluding steroid dienone is 2. The predicted molar refractivity (Wildman–Crippen MR) is 70.0 cm³/mol. The molecule has 0 spiro atoms. The first-order chi connectivity index (χ1) is 8.63. The molecule has 1 aliphatic carbocycles. The van der Waals surface area contributed by atoms with E-state index in [4.69, 9.17) is 0 Å². The van der Waals surface area contributed by atoms with Crippen LogP contribution in [0.25, 0.3) is 0 Å².